The van der Waals surface area contributed by atoms with Crippen LogP contribution in [0.4, 0.5) is 5.82 Å². The number of aryl methyl sites for hydroxylation is 1. The highest BCUT2D eigenvalue weighted by molar-refractivity contribution is 9.10. The van der Waals surface area contributed by atoms with Crippen molar-refractivity contribution in [1.29, 1.82) is 0 Å². The summed E-state index contributed by atoms with van der Waals surface area (Å²) in [6.07, 6.45) is 1.09. The summed E-state index contributed by atoms with van der Waals surface area (Å²) in [5, 5.41) is 3.09. The Morgan fingerprint density at radius 2 is 2.33 bits per heavy atom. The number of primary amides is 1. The van der Waals surface area contributed by atoms with E-state index in [0.29, 0.717) is 25.2 Å². The van der Waals surface area contributed by atoms with Crippen molar-refractivity contribution < 1.29 is 4.79 Å². The monoisotopic (exact) mass is 272 g/mol. The van der Waals surface area contributed by atoms with Gasteiger partial charge in [-0.1, -0.05) is 0 Å². The van der Waals surface area contributed by atoms with E-state index in [1.54, 1.807) is 6.07 Å². The molecule has 82 valence electrons. The van der Waals surface area contributed by atoms with Gasteiger partial charge in [-0.3, -0.25) is 4.79 Å². The van der Waals surface area contributed by atoms with Crippen LogP contribution in [0.15, 0.2) is 10.7 Å². The van der Waals surface area contributed by atoms with Gasteiger partial charge in [0.1, 0.15) is 16.2 Å². The van der Waals surface area contributed by atoms with Crippen LogP contribution < -0.4 is 11.1 Å². The van der Waals surface area contributed by atoms with Crippen molar-refractivity contribution in [2.75, 3.05) is 11.9 Å². The standard InChI is InChI=1S/C9H13BrN4O/c1-6-13-7(10)5-9(14-6)12-4-2-3-8(11)15/h5H,2-4H2,1H3,(H2,11,15)(H,12,13,14). The zero-order valence-corrected chi connectivity index (χ0v) is 10.0. The van der Waals surface area contributed by atoms with Gasteiger partial charge in [-0.05, 0) is 29.3 Å². The Bertz CT molecular complexity index is 336. The van der Waals surface area contributed by atoms with E-state index >= 15 is 0 Å². The van der Waals surface area contributed by atoms with Crippen LogP contribution in [0.3, 0.4) is 0 Å². The zero-order valence-electron chi connectivity index (χ0n) is 8.46. The second kappa shape index (κ2) is 5.65. The van der Waals surface area contributed by atoms with Gasteiger partial charge in [0.15, 0.2) is 0 Å². The van der Waals surface area contributed by atoms with E-state index in [1.165, 1.54) is 0 Å². The summed E-state index contributed by atoms with van der Waals surface area (Å²) in [7, 11) is 0. The fraction of sp³-hybridized carbons (Fsp3) is 0.444. The molecule has 1 aromatic heterocycles. The number of nitrogens with one attached hydrogen (secondary N) is 1. The number of amides is 1. The average molecular weight is 273 g/mol. The summed E-state index contributed by atoms with van der Waals surface area (Å²) >= 11 is 3.28. The van der Waals surface area contributed by atoms with E-state index in [-0.39, 0.29) is 5.91 Å². The number of nitrogens with zero attached hydrogens (tertiary/aromatic N) is 2. The summed E-state index contributed by atoms with van der Waals surface area (Å²) in [5.74, 6) is 1.16. The van der Waals surface area contributed by atoms with Crippen LogP contribution in [0.1, 0.15) is 18.7 Å². The van der Waals surface area contributed by atoms with E-state index in [1.807, 2.05) is 6.92 Å². The topological polar surface area (TPSA) is 80.9 Å². The van der Waals surface area contributed by atoms with Gasteiger partial charge in [0.2, 0.25) is 5.91 Å². The van der Waals surface area contributed by atoms with Crippen molar-refractivity contribution in [1.82, 2.24) is 9.97 Å². The van der Waals surface area contributed by atoms with Crippen LogP contribution in [-0.4, -0.2) is 22.4 Å². The van der Waals surface area contributed by atoms with E-state index in [0.717, 1.165) is 10.4 Å². The smallest absolute Gasteiger partial charge is 0.217 e. The molecule has 0 aromatic carbocycles. The summed E-state index contributed by atoms with van der Waals surface area (Å²) in [5.41, 5.74) is 5.02. The molecule has 0 unspecified atom stereocenters. The van der Waals surface area contributed by atoms with Crippen molar-refractivity contribution in [3.8, 4) is 0 Å². The second-order valence-corrected chi connectivity index (χ2v) is 3.93. The van der Waals surface area contributed by atoms with Gasteiger partial charge < -0.3 is 11.1 Å². The molecule has 0 aliphatic rings. The normalized spacial score (nSPS) is 10.0. The predicted octanol–water partition coefficient (Wildman–Crippen LogP) is 1.22. The lowest BCUT2D eigenvalue weighted by atomic mass is 10.3. The van der Waals surface area contributed by atoms with Gasteiger partial charge in [0, 0.05) is 19.0 Å². The highest BCUT2D eigenvalue weighted by Gasteiger charge is 1.99. The zero-order chi connectivity index (χ0) is 11.3. The van der Waals surface area contributed by atoms with Crippen LogP contribution >= 0.6 is 15.9 Å². The first-order valence-electron chi connectivity index (χ1n) is 4.61. The molecule has 0 radical (unpaired) electrons. The molecule has 3 N–H and O–H groups in total. The minimum absolute atomic E-state index is 0.281. The molecule has 6 heteroatoms. The predicted molar refractivity (Wildman–Crippen MR) is 61.4 cm³/mol. The fourth-order valence-electron chi connectivity index (χ4n) is 1.10. The van der Waals surface area contributed by atoms with Gasteiger partial charge in [-0.25, -0.2) is 9.97 Å². The third-order valence-electron chi connectivity index (χ3n) is 1.71. The maximum Gasteiger partial charge on any atom is 0.217 e. The van der Waals surface area contributed by atoms with Crippen LogP contribution in [0.25, 0.3) is 0 Å². The Balaban J connectivity index is 2.40. The number of carbonyl (C=O) groups is 1. The molecule has 5 nitrogen and oxygen atoms in total. The Labute approximate surface area is 96.6 Å². The first-order chi connectivity index (χ1) is 7.08. The maximum atomic E-state index is 10.5. The quantitative estimate of drug-likeness (QED) is 0.624. The Morgan fingerprint density at radius 3 is 2.93 bits per heavy atom. The molecule has 0 fully saturated rings. The van der Waals surface area contributed by atoms with Gasteiger partial charge in [0.05, 0.1) is 0 Å². The lowest BCUT2D eigenvalue weighted by Crippen LogP contribution is -2.13. The Morgan fingerprint density at radius 1 is 1.60 bits per heavy atom. The largest absolute Gasteiger partial charge is 0.370 e. The third-order valence-corrected chi connectivity index (χ3v) is 2.12. The van der Waals surface area contributed by atoms with Crippen molar-refractivity contribution in [3.05, 3.63) is 16.5 Å². The number of anilines is 1. The molecular weight excluding hydrogens is 260 g/mol. The third kappa shape index (κ3) is 4.73. The lowest BCUT2D eigenvalue weighted by Gasteiger charge is -2.05. The molecular formula is C9H13BrN4O. The van der Waals surface area contributed by atoms with Crippen LogP contribution in [0.2, 0.25) is 0 Å². The molecule has 0 bridgehead atoms. The number of aromatic nitrogens is 2. The highest BCUT2D eigenvalue weighted by atomic mass is 79.9. The first kappa shape index (κ1) is 11.9. The highest BCUT2D eigenvalue weighted by Crippen LogP contribution is 2.11. The molecule has 0 aliphatic heterocycles. The Hall–Kier alpha value is -1.17. The number of halogens is 1. The molecule has 1 heterocycles. The molecule has 0 aliphatic carbocycles. The van der Waals surface area contributed by atoms with Gasteiger partial charge in [0.25, 0.3) is 0 Å². The summed E-state index contributed by atoms with van der Waals surface area (Å²) in [6, 6.07) is 1.79. The SMILES string of the molecule is Cc1nc(Br)cc(NCCCC(N)=O)n1. The number of hydrogen-bond acceptors (Lipinski definition) is 4. The minimum Gasteiger partial charge on any atom is -0.370 e. The molecule has 1 aromatic rings. The van der Waals surface area contributed by atoms with E-state index in [9.17, 15) is 4.79 Å². The Kier molecular flexibility index (Phi) is 4.48. The number of nitrogens with two attached hydrogens (primary N) is 1. The van der Waals surface area contributed by atoms with E-state index < -0.39 is 0 Å². The average Bonchev–Trinajstić information content (AvgIpc) is 2.10. The summed E-state index contributed by atoms with van der Waals surface area (Å²) in [6.45, 7) is 2.49. The molecule has 0 saturated carbocycles. The first-order valence-corrected chi connectivity index (χ1v) is 5.40. The summed E-state index contributed by atoms with van der Waals surface area (Å²) < 4.78 is 0.743. The molecule has 0 saturated heterocycles. The second-order valence-electron chi connectivity index (χ2n) is 3.12. The minimum atomic E-state index is -0.281. The van der Waals surface area contributed by atoms with Crippen molar-refractivity contribution >= 4 is 27.7 Å². The van der Waals surface area contributed by atoms with Crippen LogP contribution in [0, 0.1) is 6.92 Å². The number of carbonyl (C=O) groups excluding carboxylic acids is 1. The molecule has 1 amide bonds. The van der Waals surface area contributed by atoms with Crippen LogP contribution in [0.5, 0.6) is 0 Å². The maximum absolute atomic E-state index is 10.5. The van der Waals surface area contributed by atoms with Gasteiger partial charge in [-0.15, -0.1) is 0 Å². The van der Waals surface area contributed by atoms with Crippen molar-refractivity contribution in [2.45, 2.75) is 19.8 Å². The number of rotatable bonds is 5. The van der Waals surface area contributed by atoms with Crippen molar-refractivity contribution in [3.63, 3.8) is 0 Å². The lowest BCUT2D eigenvalue weighted by molar-refractivity contribution is -0.118. The molecule has 0 atom stereocenters. The van der Waals surface area contributed by atoms with Gasteiger partial charge >= 0.3 is 0 Å². The van der Waals surface area contributed by atoms with Crippen molar-refractivity contribution in [2.24, 2.45) is 5.73 Å². The molecule has 15 heavy (non-hydrogen) atoms. The fourth-order valence-corrected chi connectivity index (χ4v) is 1.57. The molecule has 0 spiro atoms. The van der Waals surface area contributed by atoms with E-state index in [4.69, 9.17) is 5.73 Å². The van der Waals surface area contributed by atoms with Gasteiger partial charge in [-0.2, -0.15) is 0 Å². The number of hydrogen-bond donors (Lipinski definition) is 2. The molecule has 1 rings (SSSR count). The van der Waals surface area contributed by atoms with E-state index in [2.05, 4.69) is 31.2 Å². The summed E-state index contributed by atoms with van der Waals surface area (Å²) in [4.78, 5) is 18.7. The van der Waals surface area contributed by atoms with Crippen LogP contribution in [-0.2, 0) is 4.79 Å².